The minimum absolute atomic E-state index is 0.0429. The number of fused-ring (bicyclic) bond motifs is 1. The SMILES string of the molecule is O=C(Nc1cc(-c2ccc(CNC3CCS(=O)(=O)CC3)cc2)c2cc[nH]c2n1)C1CC1. The first-order valence-corrected chi connectivity index (χ1v) is 12.6. The summed E-state index contributed by atoms with van der Waals surface area (Å²) in [7, 11) is -2.83. The quantitative estimate of drug-likeness (QED) is 0.548. The van der Waals surface area contributed by atoms with Gasteiger partial charge in [0.05, 0.1) is 11.5 Å². The molecule has 3 N–H and O–H groups in total. The van der Waals surface area contributed by atoms with Crippen molar-refractivity contribution in [3.05, 3.63) is 48.2 Å². The second-order valence-corrected chi connectivity index (χ2v) is 10.9. The van der Waals surface area contributed by atoms with Gasteiger partial charge in [0.15, 0.2) is 0 Å². The number of carbonyl (C=O) groups is 1. The maximum atomic E-state index is 12.2. The number of aromatic amines is 1. The molecule has 162 valence electrons. The average molecular weight is 439 g/mol. The predicted octanol–water partition coefficient (Wildman–Crippen LogP) is 3.25. The van der Waals surface area contributed by atoms with Crippen molar-refractivity contribution in [2.24, 2.45) is 5.92 Å². The Labute approximate surface area is 181 Å². The molecular weight excluding hydrogens is 412 g/mol. The lowest BCUT2D eigenvalue weighted by molar-refractivity contribution is -0.117. The van der Waals surface area contributed by atoms with Crippen LogP contribution in [0.4, 0.5) is 5.82 Å². The van der Waals surface area contributed by atoms with Gasteiger partial charge in [-0.3, -0.25) is 4.79 Å². The Hall–Kier alpha value is -2.71. The van der Waals surface area contributed by atoms with E-state index < -0.39 is 9.84 Å². The van der Waals surface area contributed by atoms with Gasteiger partial charge in [-0.05, 0) is 54.5 Å². The molecule has 5 rings (SSSR count). The van der Waals surface area contributed by atoms with Gasteiger partial charge in [0.2, 0.25) is 5.91 Å². The van der Waals surface area contributed by atoms with Crippen molar-refractivity contribution < 1.29 is 13.2 Å². The van der Waals surface area contributed by atoms with Crippen LogP contribution < -0.4 is 10.6 Å². The van der Waals surface area contributed by atoms with Gasteiger partial charge in [0, 0.05) is 30.1 Å². The van der Waals surface area contributed by atoms with Gasteiger partial charge in [-0.2, -0.15) is 0 Å². The van der Waals surface area contributed by atoms with E-state index in [9.17, 15) is 13.2 Å². The monoisotopic (exact) mass is 438 g/mol. The Morgan fingerprint density at radius 2 is 1.81 bits per heavy atom. The number of anilines is 1. The molecule has 0 bridgehead atoms. The van der Waals surface area contributed by atoms with Gasteiger partial charge in [-0.15, -0.1) is 0 Å². The molecule has 1 saturated heterocycles. The third kappa shape index (κ3) is 4.65. The van der Waals surface area contributed by atoms with E-state index in [-0.39, 0.29) is 29.4 Å². The third-order valence-corrected chi connectivity index (χ3v) is 7.86. The minimum Gasteiger partial charge on any atom is -0.346 e. The van der Waals surface area contributed by atoms with Gasteiger partial charge >= 0.3 is 0 Å². The molecule has 8 heteroatoms. The number of benzene rings is 1. The maximum Gasteiger partial charge on any atom is 0.228 e. The van der Waals surface area contributed by atoms with Crippen LogP contribution in [-0.4, -0.2) is 41.8 Å². The summed E-state index contributed by atoms with van der Waals surface area (Å²) in [6, 6.07) is 12.5. The number of nitrogens with zero attached hydrogens (tertiary/aromatic N) is 1. The lowest BCUT2D eigenvalue weighted by Gasteiger charge is -2.23. The molecule has 0 spiro atoms. The first-order valence-electron chi connectivity index (χ1n) is 10.8. The van der Waals surface area contributed by atoms with E-state index in [1.807, 2.05) is 18.3 Å². The zero-order chi connectivity index (χ0) is 21.4. The Kier molecular flexibility index (Phi) is 5.27. The number of carbonyl (C=O) groups excluding carboxylic acids is 1. The molecule has 0 unspecified atom stereocenters. The highest BCUT2D eigenvalue weighted by Crippen LogP contribution is 2.33. The number of sulfone groups is 1. The summed E-state index contributed by atoms with van der Waals surface area (Å²) < 4.78 is 23.2. The molecule has 31 heavy (non-hydrogen) atoms. The molecule has 1 saturated carbocycles. The molecule has 3 heterocycles. The summed E-state index contributed by atoms with van der Waals surface area (Å²) in [5, 5.41) is 7.44. The number of pyridine rings is 1. The van der Waals surface area contributed by atoms with E-state index in [1.54, 1.807) is 0 Å². The smallest absolute Gasteiger partial charge is 0.228 e. The fourth-order valence-electron chi connectivity index (χ4n) is 4.07. The number of hydrogen-bond donors (Lipinski definition) is 3. The van der Waals surface area contributed by atoms with Crippen LogP contribution in [0.5, 0.6) is 0 Å². The second kappa shape index (κ2) is 8.09. The lowest BCUT2D eigenvalue weighted by Crippen LogP contribution is -2.37. The molecule has 1 aliphatic carbocycles. The van der Waals surface area contributed by atoms with Crippen molar-refractivity contribution >= 4 is 32.6 Å². The molecule has 2 aromatic heterocycles. The van der Waals surface area contributed by atoms with Crippen LogP contribution in [0.3, 0.4) is 0 Å². The Morgan fingerprint density at radius 1 is 1.06 bits per heavy atom. The first kappa shape index (κ1) is 20.2. The minimum atomic E-state index is -2.83. The maximum absolute atomic E-state index is 12.2. The van der Waals surface area contributed by atoms with Crippen LogP contribution in [0.2, 0.25) is 0 Å². The molecular formula is C23H26N4O3S. The number of aromatic nitrogens is 2. The molecule has 2 aliphatic rings. The highest BCUT2D eigenvalue weighted by atomic mass is 32.2. The van der Waals surface area contributed by atoms with E-state index in [4.69, 9.17) is 0 Å². The largest absolute Gasteiger partial charge is 0.346 e. The van der Waals surface area contributed by atoms with Crippen molar-refractivity contribution in [3.8, 4) is 11.1 Å². The summed E-state index contributed by atoms with van der Waals surface area (Å²) in [5.41, 5.74) is 3.98. The van der Waals surface area contributed by atoms with Gasteiger partial charge < -0.3 is 15.6 Å². The number of hydrogen-bond acceptors (Lipinski definition) is 5. The summed E-state index contributed by atoms with van der Waals surface area (Å²) in [6.45, 7) is 0.712. The van der Waals surface area contributed by atoms with Crippen LogP contribution in [0.15, 0.2) is 42.6 Å². The van der Waals surface area contributed by atoms with Crippen molar-refractivity contribution in [2.75, 3.05) is 16.8 Å². The molecule has 0 radical (unpaired) electrons. The molecule has 2 fully saturated rings. The van der Waals surface area contributed by atoms with E-state index >= 15 is 0 Å². The molecule has 1 aliphatic heterocycles. The Balaban J connectivity index is 1.31. The first-order chi connectivity index (χ1) is 15.0. The van der Waals surface area contributed by atoms with E-state index in [1.165, 1.54) is 0 Å². The van der Waals surface area contributed by atoms with Crippen LogP contribution in [0, 0.1) is 5.92 Å². The van der Waals surface area contributed by atoms with E-state index in [0.29, 0.717) is 25.2 Å². The van der Waals surface area contributed by atoms with Crippen molar-refractivity contribution in [3.63, 3.8) is 0 Å². The van der Waals surface area contributed by atoms with Crippen LogP contribution in [0.25, 0.3) is 22.2 Å². The second-order valence-electron chi connectivity index (χ2n) is 8.56. The summed E-state index contributed by atoms with van der Waals surface area (Å²) in [5.74, 6) is 1.29. The highest BCUT2D eigenvalue weighted by molar-refractivity contribution is 7.91. The van der Waals surface area contributed by atoms with E-state index in [0.717, 1.165) is 40.6 Å². The molecule has 3 aromatic rings. The molecule has 1 aromatic carbocycles. The predicted molar refractivity (Wildman–Crippen MR) is 121 cm³/mol. The highest BCUT2D eigenvalue weighted by Gasteiger charge is 2.30. The van der Waals surface area contributed by atoms with Crippen molar-refractivity contribution in [2.45, 2.75) is 38.3 Å². The molecule has 1 amide bonds. The molecule has 7 nitrogen and oxygen atoms in total. The van der Waals surface area contributed by atoms with Crippen molar-refractivity contribution in [1.82, 2.24) is 15.3 Å². The van der Waals surface area contributed by atoms with Crippen molar-refractivity contribution in [1.29, 1.82) is 0 Å². The topological polar surface area (TPSA) is 104 Å². The standard InChI is InChI=1S/C23H26N4O3S/c28-23(17-5-6-17)27-21-13-20(19-7-10-24-22(19)26-21)16-3-1-15(2-4-16)14-25-18-8-11-31(29,30)12-9-18/h1-4,7,10,13,17-18,25H,5-6,8-9,11-12,14H2,(H2,24,26,27,28). The summed E-state index contributed by atoms with van der Waals surface area (Å²) >= 11 is 0. The number of rotatable bonds is 6. The molecule has 0 atom stereocenters. The number of H-pyrrole nitrogens is 1. The fraction of sp³-hybridized carbons (Fsp3) is 0.391. The zero-order valence-electron chi connectivity index (χ0n) is 17.2. The Bertz CT molecular complexity index is 1200. The lowest BCUT2D eigenvalue weighted by atomic mass is 10.0. The van der Waals surface area contributed by atoms with Gasteiger partial charge in [0.25, 0.3) is 0 Å². The third-order valence-electron chi connectivity index (χ3n) is 6.14. The van der Waals surface area contributed by atoms with Gasteiger partial charge in [-0.25, -0.2) is 13.4 Å². The zero-order valence-corrected chi connectivity index (χ0v) is 18.0. The van der Waals surface area contributed by atoms with Crippen LogP contribution in [0.1, 0.15) is 31.2 Å². The number of nitrogens with one attached hydrogen (secondary N) is 3. The van der Waals surface area contributed by atoms with E-state index in [2.05, 4.69) is 44.9 Å². The van der Waals surface area contributed by atoms with Gasteiger partial charge in [0.1, 0.15) is 21.3 Å². The average Bonchev–Trinajstić information content (AvgIpc) is 3.51. The summed E-state index contributed by atoms with van der Waals surface area (Å²) in [6.07, 6.45) is 5.12. The number of amides is 1. The fourth-order valence-corrected chi connectivity index (χ4v) is 5.56. The van der Waals surface area contributed by atoms with Crippen LogP contribution >= 0.6 is 0 Å². The Morgan fingerprint density at radius 3 is 2.52 bits per heavy atom. The van der Waals surface area contributed by atoms with Crippen LogP contribution in [-0.2, 0) is 21.2 Å². The van der Waals surface area contributed by atoms with Gasteiger partial charge in [-0.1, -0.05) is 24.3 Å². The normalized spacial score (nSPS) is 18.8. The summed E-state index contributed by atoms with van der Waals surface area (Å²) in [4.78, 5) is 19.9.